The van der Waals surface area contributed by atoms with Gasteiger partial charge >= 0.3 is 0 Å². The fraction of sp³-hybridized carbons (Fsp3) is 0.800. The molecule has 0 amide bonds. The normalized spacial score (nSPS) is 10.6. The summed E-state index contributed by atoms with van der Waals surface area (Å²) in [6.07, 6.45) is 27.7. The number of unbranched alkanes of at least 4 members (excludes halogenated alkanes) is 18. The molecule has 0 heterocycles. The minimum absolute atomic E-state index is 0.862. The zero-order chi connectivity index (χ0) is 23.4. The van der Waals surface area contributed by atoms with Crippen LogP contribution in [0.15, 0.2) is 30.3 Å². The number of nitrogens with two attached hydrogens (primary N) is 1. The Morgan fingerprint density at radius 2 is 0.875 bits per heavy atom. The van der Waals surface area contributed by atoms with Crippen LogP contribution in [-0.4, -0.2) is 13.2 Å². The van der Waals surface area contributed by atoms with Crippen molar-refractivity contribution in [2.45, 2.75) is 142 Å². The first-order chi connectivity index (χ1) is 15.8. The number of benzene rings is 1. The number of ether oxygens (including phenoxy) is 1. The van der Waals surface area contributed by atoms with Crippen LogP contribution in [0.5, 0.6) is 5.75 Å². The molecule has 0 aliphatic rings. The Morgan fingerprint density at radius 1 is 0.500 bits per heavy atom. The molecule has 2 N–H and O–H groups in total. The van der Waals surface area contributed by atoms with E-state index in [1.165, 1.54) is 128 Å². The minimum Gasteiger partial charge on any atom is -0.494 e. The van der Waals surface area contributed by atoms with Crippen molar-refractivity contribution in [3.05, 3.63) is 30.3 Å². The van der Waals surface area contributed by atoms with Crippen molar-refractivity contribution < 1.29 is 4.74 Å². The van der Waals surface area contributed by atoms with Crippen molar-refractivity contribution in [1.82, 2.24) is 0 Å². The lowest BCUT2D eigenvalue weighted by molar-refractivity contribution is 0.304. The Morgan fingerprint density at radius 3 is 1.28 bits per heavy atom. The van der Waals surface area contributed by atoms with E-state index in [2.05, 4.69) is 13.8 Å². The molecule has 32 heavy (non-hydrogen) atoms. The highest BCUT2D eigenvalue weighted by atomic mass is 16.5. The second-order valence-electron chi connectivity index (χ2n) is 9.31. The van der Waals surface area contributed by atoms with Crippen LogP contribution in [0.3, 0.4) is 0 Å². The van der Waals surface area contributed by atoms with Crippen LogP contribution in [0.1, 0.15) is 142 Å². The van der Waals surface area contributed by atoms with Crippen molar-refractivity contribution in [3.8, 4) is 5.75 Å². The third-order valence-electron chi connectivity index (χ3n) is 6.07. The Labute approximate surface area is 202 Å². The van der Waals surface area contributed by atoms with Crippen molar-refractivity contribution in [1.29, 1.82) is 0 Å². The molecule has 1 aromatic carbocycles. The fourth-order valence-electron chi connectivity index (χ4n) is 3.93. The average Bonchev–Trinajstić information content (AvgIpc) is 2.83. The fourth-order valence-corrected chi connectivity index (χ4v) is 3.93. The summed E-state index contributed by atoms with van der Waals surface area (Å²) in [5.41, 5.74) is 5.42. The molecule has 2 nitrogen and oxygen atoms in total. The van der Waals surface area contributed by atoms with Gasteiger partial charge in [-0.05, 0) is 31.5 Å². The number of para-hydroxylation sites is 1. The molecule has 0 aliphatic carbocycles. The van der Waals surface area contributed by atoms with Gasteiger partial charge in [-0.2, -0.15) is 0 Å². The summed E-state index contributed by atoms with van der Waals surface area (Å²) in [5.74, 6) is 0.999. The lowest BCUT2D eigenvalue weighted by atomic mass is 10.1. The maximum Gasteiger partial charge on any atom is 0.119 e. The van der Waals surface area contributed by atoms with Gasteiger partial charge in [0.15, 0.2) is 0 Å². The second-order valence-corrected chi connectivity index (χ2v) is 9.31. The number of hydrogen-bond acceptors (Lipinski definition) is 2. The van der Waals surface area contributed by atoms with E-state index in [4.69, 9.17) is 10.5 Å². The molecule has 2 heteroatoms. The number of rotatable bonds is 22. The molecule has 0 unspecified atom stereocenters. The summed E-state index contributed by atoms with van der Waals surface area (Å²) in [5, 5.41) is 0. The Balaban J connectivity index is 0.000000649. The summed E-state index contributed by atoms with van der Waals surface area (Å²) in [7, 11) is 0. The van der Waals surface area contributed by atoms with E-state index in [1.807, 2.05) is 30.3 Å². The van der Waals surface area contributed by atoms with Crippen molar-refractivity contribution in [3.63, 3.8) is 0 Å². The van der Waals surface area contributed by atoms with Crippen LogP contribution >= 0.6 is 0 Å². The van der Waals surface area contributed by atoms with Crippen LogP contribution in [-0.2, 0) is 0 Å². The molecule has 0 saturated heterocycles. The molecular weight excluding hydrogens is 390 g/mol. The van der Waals surface area contributed by atoms with Gasteiger partial charge < -0.3 is 10.5 Å². The molecule has 0 aliphatic heterocycles. The molecule has 0 saturated carbocycles. The zero-order valence-electron chi connectivity index (χ0n) is 21.9. The summed E-state index contributed by atoms with van der Waals surface area (Å²) >= 11 is 0. The van der Waals surface area contributed by atoms with Gasteiger partial charge in [0.2, 0.25) is 0 Å². The zero-order valence-corrected chi connectivity index (χ0v) is 21.9. The molecule has 0 aromatic heterocycles. The first-order valence-corrected chi connectivity index (χ1v) is 14.2. The maximum atomic E-state index is 5.68. The lowest BCUT2D eigenvalue weighted by Gasteiger charge is -2.05. The van der Waals surface area contributed by atoms with Crippen LogP contribution in [0.25, 0.3) is 0 Å². The molecule has 1 rings (SSSR count). The highest BCUT2D eigenvalue weighted by Gasteiger charge is 1.94. The van der Waals surface area contributed by atoms with E-state index < -0.39 is 0 Å². The maximum absolute atomic E-state index is 5.68. The van der Waals surface area contributed by atoms with Crippen molar-refractivity contribution in [2.75, 3.05) is 13.2 Å². The number of hydrogen-bond donors (Lipinski definition) is 1. The van der Waals surface area contributed by atoms with E-state index >= 15 is 0 Å². The first kappa shape index (κ1) is 31.0. The van der Waals surface area contributed by atoms with Crippen LogP contribution in [0.2, 0.25) is 0 Å². The van der Waals surface area contributed by atoms with Crippen LogP contribution in [0.4, 0.5) is 0 Å². The molecule has 0 spiro atoms. The standard InChI is InChI=1S/C18H30O.C12H27N/c1-2-3-4-5-6-7-8-9-10-14-17-19-18-15-12-11-13-16-18;1-2-3-4-5-6-7-8-9-10-11-12-13/h11-13,15-16H,2-10,14,17H2,1H3;2-13H2,1H3. The van der Waals surface area contributed by atoms with Gasteiger partial charge in [0.25, 0.3) is 0 Å². The molecule has 0 fully saturated rings. The SMILES string of the molecule is CCCCCCCCCCCCN.CCCCCCCCCCCCOc1ccccc1. The first-order valence-electron chi connectivity index (χ1n) is 14.2. The summed E-state index contributed by atoms with van der Waals surface area (Å²) in [6, 6.07) is 10.1. The van der Waals surface area contributed by atoms with Crippen molar-refractivity contribution >= 4 is 0 Å². The predicted octanol–water partition coefficient (Wildman–Crippen LogP) is 9.85. The Bertz CT molecular complexity index is 424. The van der Waals surface area contributed by atoms with Gasteiger partial charge in [0.05, 0.1) is 6.61 Å². The van der Waals surface area contributed by atoms with E-state index in [0.29, 0.717) is 0 Å². The quantitative estimate of drug-likeness (QED) is 0.179. The molecule has 0 atom stereocenters. The van der Waals surface area contributed by atoms with Crippen molar-refractivity contribution in [2.24, 2.45) is 5.73 Å². The summed E-state index contributed by atoms with van der Waals surface area (Å²) < 4.78 is 5.68. The average molecular weight is 448 g/mol. The van der Waals surface area contributed by atoms with Crippen LogP contribution in [0, 0.1) is 0 Å². The molecule has 188 valence electrons. The predicted molar refractivity (Wildman–Crippen MR) is 145 cm³/mol. The molecule has 1 aromatic rings. The smallest absolute Gasteiger partial charge is 0.119 e. The largest absolute Gasteiger partial charge is 0.494 e. The topological polar surface area (TPSA) is 35.2 Å². The summed E-state index contributed by atoms with van der Waals surface area (Å²) in [6.45, 7) is 6.28. The third kappa shape index (κ3) is 25.2. The van der Waals surface area contributed by atoms with Gasteiger partial charge in [-0.3, -0.25) is 0 Å². The Kier molecular flexibility index (Phi) is 27.1. The minimum atomic E-state index is 0.862. The highest BCUT2D eigenvalue weighted by Crippen LogP contribution is 2.12. The van der Waals surface area contributed by atoms with Gasteiger partial charge in [0.1, 0.15) is 5.75 Å². The molecule has 0 bridgehead atoms. The van der Waals surface area contributed by atoms with Gasteiger partial charge in [0, 0.05) is 0 Å². The highest BCUT2D eigenvalue weighted by molar-refractivity contribution is 5.20. The monoisotopic (exact) mass is 447 g/mol. The van der Waals surface area contributed by atoms with Gasteiger partial charge in [-0.15, -0.1) is 0 Å². The lowest BCUT2D eigenvalue weighted by Crippen LogP contribution is -1.97. The van der Waals surface area contributed by atoms with E-state index in [9.17, 15) is 0 Å². The molecule has 0 radical (unpaired) electrons. The summed E-state index contributed by atoms with van der Waals surface area (Å²) in [4.78, 5) is 0. The third-order valence-corrected chi connectivity index (χ3v) is 6.07. The van der Waals surface area contributed by atoms with Gasteiger partial charge in [-0.1, -0.05) is 148 Å². The second kappa shape index (κ2) is 28.0. The van der Waals surface area contributed by atoms with E-state index in [1.54, 1.807) is 0 Å². The van der Waals surface area contributed by atoms with E-state index in [0.717, 1.165) is 18.9 Å². The van der Waals surface area contributed by atoms with Crippen LogP contribution < -0.4 is 10.5 Å². The van der Waals surface area contributed by atoms with E-state index in [-0.39, 0.29) is 0 Å². The van der Waals surface area contributed by atoms with Gasteiger partial charge in [-0.25, -0.2) is 0 Å². The Hall–Kier alpha value is -1.02. The molecular formula is C30H57NO.